The van der Waals surface area contributed by atoms with Crippen LogP contribution in [0.5, 0.6) is 0 Å². The molecule has 1 aromatic heterocycles. The molecule has 0 aliphatic heterocycles. The third-order valence-electron chi connectivity index (χ3n) is 2.51. The van der Waals surface area contributed by atoms with Crippen LogP contribution in [0.25, 0.3) is 11.3 Å². The van der Waals surface area contributed by atoms with E-state index in [1.165, 1.54) is 24.3 Å². The predicted octanol–water partition coefficient (Wildman–Crippen LogP) is 3.72. The molecule has 2 aromatic rings. The summed E-state index contributed by atoms with van der Waals surface area (Å²) in [4.78, 5) is 14.0. The van der Waals surface area contributed by atoms with Gasteiger partial charge in [0.25, 0.3) is 0 Å². The fraction of sp³-hybridized carbons (Fsp3) is 0.0769. The SMILES string of the molecule is O=Cc1ccc(-c2ccc(C(F)(F)F)cc2)nc1F. The van der Waals surface area contributed by atoms with Crippen molar-refractivity contribution >= 4 is 6.29 Å². The topological polar surface area (TPSA) is 30.0 Å². The van der Waals surface area contributed by atoms with Gasteiger partial charge in [-0.1, -0.05) is 12.1 Å². The number of pyridine rings is 1. The van der Waals surface area contributed by atoms with Gasteiger partial charge in [0.15, 0.2) is 6.29 Å². The van der Waals surface area contributed by atoms with Crippen LogP contribution in [-0.4, -0.2) is 11.3 Å². The van der Waals surface area contributed by atoms with E-state index in [-0.39, 0.29) is 11.3 Å². The second-order valence-corrected chi connectivity index (χ2v) is 3.77. The number of alkyl halides is 3. The van der Waals surface area contributed by atoms with Crippen LogP contribution < -0.4 is 0 Å². The highest BCUT2D eigenvalue weighted by Crippen LogP contribution is 2.30. The van der Waals surface area contributed by atoms with Crippen molar-refractivity contribution in [3.63, 3.8) is 0 Å². The molecule has 0 aliphatic rings. The van der Waals surface area contributed by atoms with Crippen LogP contribution in [0, 0.1) is 5.95 Å². The second kappa shape index (κ2) is 4.79. The molecule has 0 spiro atoms. The molecule has 0 radical (unpaired) electrons. The number of carbonyl (C=O) groups excluding carboxylic acids is 1. The first-order valence-electron chi connectivity index (χ1n) is 5.21. The summed E-state index contributed by atoms with van der Waals surface area (Å²) in [5, 5.41) is 0. The van der Waals surface area contributed by atoms with Crippen LogP contribution in [0.3, 0.4) is 0 Å². The number of carbonyl (C=O) groups is 1. The van der Waals surface area contributed by atoms with Gasteiger partial charge in [-0.3, -0.25) is 4.79 Å². The minimum absolute atomic E-state index is 0.164. The molecule has 0 unspecified atom stereocenters. The van der Waals surface area contributed by atoms with Gasteiger partial charge in [-0.05, 0) is 24.3 Å². The molecule has 0 atom stereocenters. The number of nitrogens with zero attached hydrogens (tertiary/aromatic N) is 1. The number of halogens is 4. The van der Waals surface area contributed by atoms with Crippen molar-refractivity contribution in [2.24, 2.45) is 0 Å². The van der Waals surface area contributed by atoms with Crippen molar-refractivity contribution in [2.45, 2.75) is 6.18 Å². The van der Waals surface area contributed by atoms with Crippen LogP contribution in [0.15, 0.2) is 36.4 Å². The van der Waals surface area contributed by atoms with E-state index in [0.717, 1.165) is 12.1 Å². The molecule has 1 aromatic carbocycles. The van der Waals surface area contributed by atoms with Crippen LogP contribution in [0.2, 0.25) is 0 Å². The third kappa shape index (κ3) is 2.78. The average molecular weight is 269 g/mol. The first-order valence-corrected chi connectivity index (χ1v) is 5.21. The fourth-order valence-electron chi connectivity index (χ4n) is 1.52. The molecule has 0 fully saturated rings. The summed E-state index contributed by atoms with van der Waals surface area (Å²) < 4.78 is 50.4. The van der Waals surface area contributed by atoms with Crippen LogP contribution in [-0.2, 0) is 6.18 Å². The van der Waals surface area contributed by atoms with Gasteiger partial charge < -0.3 is 0 Å². The lowest BCUT2D eigenvalue weighted by atomic mass is 10.1. The Morgan fingerprint density at radius 2 is 1.63 bits per heavy atom. The summed E-state index contributed by atoms with van der Waals surface area (Å²) in [6, 6.07) is 6.78. The van der Waals surface area contributed by atoms with E-state index in [1.807, 2.05) is 0 Å². The monoisotopic (exact) mass is 269 g/mol. The van der Waals surface area contributed by atoms with Crippen molar-refractivity contribution in [1.82, 2.24) is 4.98 Å². The Kier molecular flexibility index (Phi) is 3.33. The largest absolute Gasteiger partial charge is 0.416 e. The molecule has 0 amide bonds. The fourth-order valence-corrected chi connectivity index (χ4v) is 1.52. The van der Waals surface area contributed by atoms with Gasteiger partial charge in [-0.15, -0.1) is 0 Å². The van der Waals surface area contributed by atoms with Gasteiger partial charge in [0.2, 0.25) is 5.95 Å². The highest BCUT2D eigenvalue weighted by molar-refractivity contribution is 5.75. The summed E-state index contributed by atoms with van der Waals surface area (Å²) in [6.07, 6.45) is -4.10. The van der Waals surface area contributed by atoms with Gasteiger partial charge in [0, 0.05) is 5.56 Å². The molecule has 98 valence electrons. The summed E-state index contributed by atoms with van der Waals surface area (Å²) in [5.74, 6) is -0.951. The van der Waals surface area contributed by atoms with Crippen molar-refractivity contribution in [3.8, 4) is 11.3 Å². The molecule has 0 saturated carbocycles. The van der Waals surface area contributed by atoms with Gasteiger partial charge in [0.05, 0.1) is 16.8 Å². The van der Waals surface area contributed by atoms with Crippen molar-refractivity contribution in [2.75, 3.05) is 0 Å². The number of aldehydes is 1. The average Bonchev–Trinajstić information content (AvgIpc) is 2.38. The minimum Gasteiger partial charge on any atom is -0.298 e. The molecular weight excluding hydrogens is 262 g/mol. The van der Waals surface area contributed by atoms with E-state index >= 15 is 0 Å². The van der Waals surface area contributed by atoms with E-state index in [1.54, 1.807) is 0 Å². The minimum atomic E-state index is -4.42. The lowest BCUT2D eigenvalue weighted by molar-refractivity contribution is -0.137. The maximum absolute atomic E-state index is 13.3. The standard InChI is InChI=1S/C13H7F4NO/c14-12-9(7-19)3-6-11(18-12)8-1-4-10(5-2-8)13(15,16)17/h1-7H. The third-order valence-corrected chi connectivity index (χ3v) is 2.51. The molecule has 19 heavy (non-hydrogen) atoms. The van der Waals surface area contributed by atoms with Crippen LogP contribution in [0.1, 0.15) is 15.9 Å². The number of benzene rings is 1. The highest BCUT2D eigenvalue weighted by atomic mass is 19.4. The Morgan fingerprint density at radius 1 is 1.00 bits per heavy atom. The molecule has 0 aliphatic carbocycles. The van der Waals surface area contributed by atoms with Gasteiger partial charge >= 0.3 is 6.18 Å². The number of hydrogen-bond acceptors (Lipinski definition) is 2. The summed E-state index contributed by atoms with van der Waals surface area (Å²) in [6.45, 7) is 0. The van der Waals surface area contributed by atoms with E-state index < -0.39 is 17.7 Å². The van der Waals surface area contributed by atoms with E-state index in [2.05, 4.69) is 4.98 Å². The molecule has 0 saturated heterocycles. The Bertz CT molecular complexity index is 605. The zero-order valence-corrected chi connectivity index (χ0v) is 9.41. The zero-order chi connectivity index (χ0) is 14.0. The number of rotatable bonds is 2. The van der Waals surface area contributed by atoms with Crippen molar-refractivity contribution in [3.05, 3.63) is 53.5 Å². The van der Waals surface area contributed by atoms with E-state index in [0.29, 0.717) is 11.8 Å². The predicted molar refractivity (Wildman–Crippen MR) is 60.0 cm³/mol. The Morgan fingerprint density at radius 3 is 2.11 bits per heavy atom. The zero-order valence-electron chi connectivity index (χ0n) is 9.41. The normalized spacial score (nSPS) is 11.4. The Balaban J connectivity index is 2.37. The first kappa shape index (κ1) is 13.2. The molecule has 2 rings (SSSR count). The van der Waals surface area contributed by atoms with Gasteiger partial charge in [-0.2, -0.15) is 17.6 Å². The molecular formula is C13H7F4NO. The molecule has 0 bridgehead atoms. The lowest BCUT2D eigenvalue weighted by Gasteiger charge is -2.07. The maximum atomic E-state index is 13.3. The Labute approximate surface area is 105 Å². The second-order valence-electron chi connectivity index (χ2n) is 3.77. The number of aromatic nitrogens is 1. The lowest BCUT2D eigenvalue weighted by Crippen LogP contribution is -2.04. The van der Waals surface area contributed by atoms with Crippen LogP contribution in [0.4, 0.5) is 17.6 Å². The van der Waals surface area contributed by atoms with Crippen LogP contribution >= 0.6 is 0 Å². The summed E-state index contributed by atoms with van der Waals surface area (Å²) >= 11 is 0. The smallest absolute Gasteiger partial charge is 0.298 e. The highest BCUT2D eigenvalue weighted by Gasteiger charge is 2.30. The first-order chi connectivity index (χ1) is 8.91. The molecule has 0 N–H and O–H groups in total. The Hall–Kier alpha value is -2.24. The molecule has 2 nitrogen and oxygen atoms in total. The van der Waals surface area contributed by atoms with E-state index in [9.17, 15) is 22.4 Å². The quantitative estimate of drug-likeness (QED) is 0.472. The maximum Gasteiger partial charge on any atom is 0.416 e. The van der Waals surface area contributed by atoms with E-state index in [4.69, 9.17) is 0 Å². The van der Waals surface area contributed by atoms with Crippen molar-refractivity contribution in [1.29, 1.82) is 0 Å². The molecule has 1 heterocycles. The summed E-state index contributed by atoms with van der Waals surface area (Å²) in [5.41, 5.74) is -0.488. The molecule has 6 heteroatoms. The van der Waals surface area contributed by atoms with Crippen molar-refractivity contribution < 1.29 is 22.4 Å². The van der Waals surface area contributed by atoms with Gasteiger partial charge in [-0.25, -0.2) is 4.98 Å². The number of hydrogen-bond donors (Lipinski definition) is 0. The van der Waals surface area contributed by atoms with Gasteiger partial charge in [0.1, 0.15) is 0 Å². The summed E-state index contributed by atoms with van der Waals surface area (Å²) in [7, 11) is 0.